The Balaban J connectivity index is -0.00000112. The van der Waals surface area contributed by atoms with E-state index in [1.54, 1.807) is 0 Å². The van der Waals surface area contributed by atoms with Crippen molar-refractivity contribution >= 4 is 0 Å². The van der Waals surface area contributed by atoms with Gasteiger partial charge in [0, 0.05) is 12.0 Å². The Kier molecular flexibility index (Phi) is 9.27. The summed E-state index contributed by atoms with van der Waals surface area (Å²) >= 11 is 0. The molecule has 0 N–H and O–H groups in total. The van der Waals surface area contributed by atoms with Gasteiger partial charge in [-0.1, -0.05) is 13.8 Å². The van der Waals surface area contributed by atoms with E-state index in [-0.39, 0.29) is 9.41 Å². The molecule has 0 bridgehead atoms. The van der Waals surface area contributed by atoms with Crippen LogP contribution in [0.3, 0.4) is 0 Å². The van der Waals surface area contributed by atoms with Crippen molar-refractivity contribution in [2.24, 2.45) is 5.92 Å². The van der Waals surface area contributed by atoms with Crippen LogP contribution in [-0.4, -0.2) is 18.4 Å². The van der Waals surface area contributed by atoms with Gasteiger partial charge in [0.25, 0.3) is 6.08 Å². The van der Waals surface area contributed by atoms with Crippen molar-refractivity contribution in [3.05, 3.63) is 12.2 Å². The molecule has 0 spiro atoms. The average Bonchev–Trinajstić information content (AvgIpc) is 1.99. The molecule has 1 atom stereocenters. The molecule has 10 heteroatoms. The van der Waals surface area contributed by atoms with E-state index in [2.05, 4.69) is 4.74 Å². The molecule has 0 aromatic rings. The summed E-state index contributed by atoms with van der Waals surface area (Å²) in [5.41, 5.74) is 0. The minimum Gasteiger partial charge on any atom is -0.303 e. The predicted octanol–water partition coefficient (Wildman–Crippen LogP) is 4.27. The summed E-state index contributed by atoms with van der Waals surface area (Å²) in [5, 5.41) is 0. The first-order valence-electron chi connectivity index (χ1n) is 4.12. The molecule has 1 nitrogen and oxygen atoms in total. The summed E-state index contributed by atoms with van der Waals surface area (Å²) in [6, 6.07) is 0. The number of alkyl halides is 5. The molecule has 112 valence electrons. The first kappa shape index (κ1) is 22.3. The van der Waals surface area contributed by atoms with Crippen LogP contribution in [0, 0.1) is 5.92 Å². The molecule has 0 saturated carbocycles. The normalized spacial score (nSPS) is 13.4. The number of ether oxygens (including phenoxy) is 1. The molecular formula is C8H11F9O. The molecule has 0 aliphatic heterocycles. The first-order valence-corrected chi connectivity index (χ1v) is 4.12. The lowest BCUT2D eigenvalue weighted by atomic mass is 10.2. The number of hydrogen-bond donors (Lipinski definition) is 0. The van der Waals surface area contributed by atoms with E-state index >= 15 is 0 Å². The second kappa shape index (κ2) is 7.49. The van der Waals surface area contributed by atoms with Crippen LogP contribution in [0.25, 0.3) is 0 Å². The molecule has 0 fully saturated rings. The van der Waals surface area contributed by atoms with Crippen LogP contribution in [0.1, 0.15) is 13.8 Å². The van der Waals surface area contributed by atoms with Gasteiger partial charge in [0.2, 0.25) is 0 Å². The molecule has 0 radical (unpaired) electrons. The smallest absolute Gasteiger partial charge is 0.303 e. The van der Waals surface area contributed by atoms with E-state index in [1.807, 2.05) is 0 Å². The van der Waals surface area contributed by atoms with Gasteiger partial charge in [-0.25, -0.2) is 0 Å². The van der Waals surface area contributed by atoms with Crippen LogP contribution in [-0.2, 0) is 4.74 Å². The molecule has 0 heterocycles. The van der Waals surface area contributed by atoms with Crippen LogP contribution in [0.4, 0.5) is 40.1 Å². The molecule has 0 rings (SSSR count). The molecule has 0 aliphatic carbocycles. The Hall–Kier alpha value is -0.930. The fraction of sp³-hybridized carbons (Fsp3) is 0.750. The number of rotatable bonds is 4. The summed E-state index contributed by atoms with van der Waals surface area (Å²) in [6.45, 7) is 1.81. The van der Waals surface area contributed by atoms with Gasteiger partial charge in [0.05, 0.1) is 0 Å². The Morgan fingerprint density at radius 2 is 1.39 bits per heavy atom. The van der Waals surface area contributed by atoms with Crippen molar-refractivity contribution in [2.45, 2.75) is 32.2 Å². The molecule has 1 unspecified atom stereocenters. The van der Waals surface area contributed by atoms with E-state index in [0.717, 1.165) is 13.8 Å². The van der Waals surface area contributed by atoms with Crippen molar-refractivity contribution < 1.29 is 44.9 Å². The second-order valence-electron chi connectivity index (χ2n) is 3.25. The minimum absolute atomic E-state index is 0. The van der Waals surface area contributed by atoms with Crippen LogP contribution < -0.4 is 0 Å². The van der Waals surface area contributed by atoms with Gasteiger partial charge in [-0.05, 0) is 0 Å². The molecule has 0 aromatic carbocycles. The molecule has 18 heavy (non-hydrogen) atoms. The fourth-order valence-corrected chi connectivity index (χ4v) is 0.615. The van der Waals surface area contributed by atoms with Crippen molar-refractivity contribution in [1.29, 1.82) is 0 Å². The third-order valence-electron chi connectivity index (χ3n) is 1.56. The van der Waals surface area contributed by atoms with Gasteiger partial charge >= 0.3 is 12.3 Å². The highest BCUT2D eigenvalue weighted by Gasteiger charge is 2.47. The van der Waals surface area contributed by atoms with Crippen LogP contribution in [0.15, 0.2) is 12.2 Å². The lowest BCUT2D eigenvalue weighted by Crippen LogP contribution is -2.39. The highest BCUT2D eigenvalue weighted by molar-refractivity contribution is 4.94. The Bertz CT molecular complexity index is 254. The van der Waals surface area contributed by atoms with Gasteiger partial charge in [-0.2, -0.15) is 30.7 Å². The third-order valence-corrected chi connectivity index (χ3v) is 1.56. The van der Waals surface area contributed by atoms with Gasteiger partial charge in [0.15, 0.2) is 6.10 Å². The number of hydrogen-bond acceptors (Lipinski definition) is 1. The fourth-order valence-electron chi connectivity index (χ4n) is 0.615. The highest BCUT2D eigenvalue weighted by atomic mass is 19.4. The van der Waals surface area contributed by atoms with Crippen LogP contribution in [0.5, 0.6) is 0 Å². The van der Waals surface area contributed by atoms with Crippen molar-refractivity contribution in [1.82, 2.24) is 0 Å². The highest BCUT2D eigenvalue weighted by Crippen LogP contribution is 2.34. The Labute approximate surface area is 96.3 Å². The lowest BCUT2D eigenvalue weighted by molar-refractivity contribution is -0.328. The van der Waals surface area contributed by atoms with Gasteiger partial charge in [-0.3, -0.25) is 9.41 Å². The second-order valence-corrected chi connectivity index (χ2v) is 3.25. The quantitative estimate of drug-likeness (QED) is 0.704. The Morgan fingerprint density at radius 1 is 1.00 bits per heavy atom. The summed E-state index contributed by atoms with van der Waals surface area (Å²) in [5.74, 6) is -1.56. The zero-order valence-corrected chi connectivity index (χ0v) is 9.10. The maximum atomic E-state index is 12.8. The summed E-state index contributed by atoms with van der Waals surface area (Å²) in [7, 11) is 0. The Morgan fingerprint density at radius 3 is 1.61 bits per heavy atom. The van der Waals surface area contributed by atoms with E-state index in [1.165, 1.54) is 0 Å². The van der Waals surface area contributed by atoms with Crippen LogP contribution >= 0.6 is 0 Å². The number of halogens is 9. The summed E-state index contributed by atoms with van der Waals surface area (Å²) in [4.78, 5) is 0. The standard InChI is InChI=1S/C8H9F7O.2FH/c1-4(2)8(14,15)16-5(3-6(9)10)7(11,12)13;;/h3-5H,1-2H3;2*1H. The monoisotopic (exact) mass is 294 g/mol. The SMILES string of the molecule is CC(C)C(F)(F)OC(C=C(F)F)C(F)(F)F.F.F. The average molecular weight is 294 g/mol. The van der Waals surface area contributed by atoms with Gasteiger partial charge in [0.1, 0.15) is 0 Å². The maximum absolute atomic E-state index is 12.8. The van der Waals surface area contributed by atoms with E-state index < -0.39 is 36.5 Å². The summed E-state index contributed by atoms with van der Waals surface area (Å²) in [6.07, 6.45) is -16.2. The largest absolute Gasteiger partial charge is 0.418 e. The van der Waals surface area contributed by atoms with Gasteiger partial charge < -0.3 is 4.74 Å². The molecule has 0 amide bonds. The van der Waals surface area contributed by atoms with Gasteiger partial charge in [-0.15, -0.1) is 0 Å². The van der Waals surface area contributed by atoms with Crippen molar-refractivity contribution in [3.8, 4) is 0 Å². The third kappa shape index (κ3) is 7.41. The topological polar surface area (TPSA) is 9.23 Å². The van der Waals surface area contributed by atoms with Crippen molar-refractivity contribution in [3.63, 3.8) is 0 Å². The van der Waals surface area contributed by atoms with E-state index in [0.29, 0.717) is 0 Å². The summed E-state index contributed by atoms with van der Waals surface area (Å²) < 4.78 is 88.3. The molecule has 0 aromatic heterocycles. The zero-order chi connectivity index (χ0) is 13.1. The lowest BCUT2D eigenvalue weighted by Gasteiger charge is -2.26. The minimum atomic E-state index is -5.32. The van der Waals surface area contributed by atoms with E-state index in [9.17, 15) is 30.7 Å². The molecule has 0 aliphatic rings. The predicted molar refractivity (Wildman–Crippen MR) is 46.0 cm³/mol. The zero-order valence-electron chi connectivity index (χ0n) is 9.10. The van der Waals surface area contributed by atoms with Crippen molar-refractivity contribution in [2.75, 3.05) is 0 Å². The van der Waals surface area contributed by atoms with E-state index in [4.69, 9.17) is 0 Å². The molecular weight excluding hydrogens is 283 g/mol. The molecule has 0 saturated heterocycles. The van der Waals surface area contributed by atoms with Crippen LogP contribution in [0.2, 0.25) is 0 Å². The first-order chi connectivity index (χ1) is 6.97. The maximum Gasteiger partial charge on any atom is 0.418 e.